The van der Waals surface area contributed by atoms with E-state index in [1.54, 1.807) is 29.2 Å². The number of likely N-dealkylation sites (tertiary alicyclic amines) is 1. The monoisotopic (exact) mass is 583 g/mol. The molecule has 2 aliphatic rings. The number of hydrogen-bond acceptors (Lipinski definition) is 3. The molecule has 5 atom stereocenters. The van der Waals surface area contributed by atoms with E-state index in [4.69, 9.17) is 0 Å². The van der Waals surface area contributed by atoms with Crippen LogP contribution in [0.3, 0.4) is 0 Å². The third-order valence-electron chi connectivity index (χ3n) is 8.81. The van der Waals surface area contributed by atoms with E-state index in [1.165, 1.54) is 31.3 Å². The second kappa shape index (κ2) is 12.8. The topological polar surface area (TPSA) is 90.0 Å². The second-order valence-electron chi connectivity index (χ2n) is 13.4. The van der Waals surface area contributed by atoms with Crippen molar-refractivity contribution >= 4 is 17.9 Å². The van der Waals surface area contributed by atoms with Crippen LogP contribution in [0.25, 0.3) is 0 Å². The molecule has 2 fully saturated rings. The van der Waals surface area contributed by atoms with Gasteiger partial charge < -0.3 is 15.3 Å². The molecule has 4 rings (SSSR count). The van der Waals surface area contributed by atoms with E-state index in [0.29, 0.717) is 30.6 Å². The summed E-state index contributed by atoms with van der Waals surface area (Å²) >= 11 is 0. The van der Waals surface area contributed by atoms with E-state index in [0.717, 1.165) is 24.2 Å². The molecule has 1 aliphatic carbocycles. The van der Waals surface area contributed by atoms with Gasteiger partial charge in [-0.3, -0.25) is 14.5 Å². The van der Waals surface area contributed by atoms with Crippen molar-refractivity contribution in [3.05, 3.63) is 71.3 Å². The Morgan fingerprint density at radius 2 is 1.52 bits per heavy atom. The average molecular weight is 584 g/mol. The fraction of sp³-hybridized carbons (Fsp3) is 0.545. The molecule has 2 aromatic carbocycles. The SMILES string of the molecule is CC(C[C@@H](C(=O)N1C[C@H]2CC[C@H](NC(=O)C(c3ccc(F)cc3)c3ccc(F)cc3)[C@H]2C1)N(C)C(=O)O)CC(C)(C)C. The summed E-state index contributed by atoms with van der Waals surface area (Å²) in [6, 6.07) is 10.5. The highest BCUT2D eigenvalue weighted by atomic mass is 19.1. The van der Waals surface area contributed by atoms with Gasteiger partial charge in [-0.1, -0.05) is 52.0 Å². The number of fused-ring (bicyclic) bond motifs is 1. The summed E-state index contributed by atoms with van der Waals surface area (Å²) in [6.45, 7) is 9.44. The van der Waals surface area contributed by atoms with Gasteiger partial charge in [0.05, 0.1) is 5.92 Å². The molecule has 9 heteroatoms. The Labute approximate surface area is 247 Å². The number of halogens is 2. The van der Waals surface area contributed by atoms with Crippen LogP contribution in [0.1, 0.15) is 70.4 Å². The van der Waals surface area contributed by atoms with Gasteiger partial charge in [0.1, 0.15) is 17.7 Å². The van der Waals surface area contributed by atoms with Gasteiger partial charge in [0.15, 0.2) is 0 Å². The van der Waals surface area contributed by atoms with Crippen LogP contribution in [0.15, 0.2) is 48.5 Å². The van der Waals surface area contributed by atoms with Crippen LogP contribution in [-0.4, -0.2) is 65.0 Å². The molecule has 1 heterocycles. The Balaban J connectivity index is 1.48. The molecule has 42 heavy (non-hydrogen) atoms. The number of nitrogens with one attached hydrogen (secondary N) is 1. The summed E-state index contributed by atoms with van der Waals surface area (Å²) in [6.07, 6.45) is 1.80. The van der Waals surface area contributed by atoms with Gasteiger partial charge in [-0.2, -0.15) is 0 Å². The third kappa shape index (κ3) is 7.47. The average Bonchev–Trinajstić information content (AvgIpc) is 3.50. The molecule has 3 amide bonds. The number of nitrogens with zero attached hydrogens (tertiary/aromatic N) is 2. The van der Waals surface area contributed by atoms with E-state index in [-0.39, 0.29) is 41.0 Å². The summed E-state index contributed by atoms with van der Waals surface area (Å²) in [5.41, 5.74) is 1.26. The van der Waals surface area contributed by atoms with Crippen LogP contribution in [0.5, 0.6) is 0 Å². The maximum absolute atomic E-state index is 13.8. The number of carbonyl (C=O) groups excluding carboxylic acids is 2. The zero-order valence-electron chi connectivity index (χ0n) is 25.1. The van der Waals surface area contributed by atoms with Crippen molar-refractivity contribution in [3.8, 4) is 0 Å². The maximum atomic E-state index is 13.8. The fourth-order valence-corrected chi connectivity index (χ4v) is 6.97. The lowest BCUT2D eigenvalue weighted by atomic mass is 9.82. The first kappa shape index (κ1) is 31.4. The lowest BCUT2D eigenvalue weighted by molar-refractivity contribution is -0.136. The van der Waals surface area contributed by atoms with Crippen molar-refractivity contribution in [1.82, 2.24) is 15.1 Å². The van der Waals surface area contributed by atoms with Gasteiger partial charge in [-0.25, -0.2) is 13.6 Å². The van der Waals surface area contributed by atoms with Crippen molar-refractivity contribution < 1.29 is 28.3 Å². The minimum atomic E-state index is -1.13. The molecule has 2 N–H and O–H groups in total. The van der Waals surface area contributed by atoms with Crippen molar-refractivity contribution in [1.29, 1.82) is 0 Å². The molecule has 1 aliphatic heterocycles. The standard InChI is InChI=1S/C33H43F2N3O4/c1-20(17-33(2,3)4)16-28(37(5)32(41)42)31(40)38-18-23-10-15-27(26(23)19-38)36-30(39)29(21-6-11-24(34)12-7-21)22-8-13-25(35)14-9-22/h6-9,11-14,20,23,26-29H,10,15-19H2,1-5H3,(H,36,39)(H,41,42)/t20?,23-,26+,27+,28+/m1/s1. The highest BCUT2D eigenvalue weighted by Crippen LogP contribution is 2.40. The summed E-state index contributed by atoms with van der Waals surface area (Å²) in [4.78, 5) is 42.3. The zero-order chi connectivity index (χ0) is 30.8. The van der Waals surface area contributed by atoms with E-state index >= 15 is 0 Å². The third-order valence-corrected chi connectivity index (χ3v) is 8.81. The predicted octanol–water partition coefficient (Wildman–Crippen LogP) is 5.89. The Morgan fingerprint density at radius 1 is 0.976 bits per heavy atom. The predicted molar refractivity (Wildman–Crippen MR) is 157 cm³/mol. The minimum Gasteiger partial charge on any atom is -0.465 e. The van der Waals surface area contributed by atoms with Crippen LogP contribution < -0.4 is 5.32 Å². The lowest BCUT2D eigenvalue weighted by Gasteiger charge is -2.33. The van der Waals surface area contributed by atoms with Gasteiger partial charge in [-0.05, 0) is 78.3 Å². The number of carboxylic acid groups (broad SMARTS) is 1. The first-order chi connectivity index (χ1) is 19.7. The number of rotatable bonds is 9. The highest BCUT2D eigenvalue weighted by Gasteiger charge is 2.47. The summed E-state index contributed by atoms with van der Waals surface area (Å²) in [5.74, 6) is -1.61. The quantitative estimate of drug-likeness (QED) is 0.385. The van der Waals surface area contributed by atoms with Gasteiger partial charge >= 0.3 is 6.09 Å². The Morgan fingerprint density at radius 3 is 2.02 bits per heavy atom. The largest absolute Gasteiger partial charge is 0.465 e. The molecule has 1 unspecified atom stereocenters. The van der Waals surface area contributed by atoms with Crippen LogP contribution in [0, 0.1) is 34.8 Å². The number of likely N-dealkylation sites (N-methyl/N-ethyl adjacent to an activating group) is 1. The van der Waals surface area contributed by atoms with Crippen LogP contribution in [-0.2, 0) is 9.59 Å². The van der Waals surface area contributed by atoms with Crippen LogP contribution in [0.4, 0.5) is 13.6 Å². The molecule has 0 aromatic heterocycles. The number of hydrogen-bond donors (Lipinski definition) is 2. The van der Waals surface area contributed by atoms with Crippen molar-refractivity contribution in [3.63, 3.8) is 0 Å². The smallest absolute Gasteiger partial charge is 0.407 e. The van der Waals surface area contributed by atoms with E-state index in [1.807, 2.05) is 0 Å². The van der Waals surface area contributed by atoms with E-state index in [9.17, 15) is 28.3 Å². The maximum Gasteiger partial charge on any atom is 0.407 e. The van der Waals surface area contributed by atoms with Gasteiger partial charge in [0.2, 0.25) is 11.8 Å². The second-order valence-corrected chi connectivity index (χ2v) is 13.4. The first-order valence-corrected chi connectivity index (χ1v) is 14.8. The van der Waals surface area contributed by atoms with Crippen molar-refractivity contribution in [2.75, 3.05) is 20.1 Å². The molecule has 0 spiro atoms. The minimum absolute atomic E-state index is 0.0442. The molecule has 1 saturated heterocycles. The molecule has 0 bridgehead atoms. The number of benzene rings is 2. The molecule has 228 valence electrons. The fourth-order valence-electron chi connectivity index (χ4n) is 6.97. The molecule has 1 saturated carbocycles. The first-order valence-electron chi connectivity index (χ1n) is 14.8. The normalized spacial score (nSPS) is 21.6. The van der Waals surface area contributed by atoms with Gasteiger partial charge in [0, 0.05) is 32.1 Å². The molecule has 2 aromatic rings. The van der Waals surface area contributed by atoms with Gasteiger partial charge in [0.25, 0.3) is 0 Å². The number of amides is 3. The zero-order valence-corrected chi connectivity index (χ0v) is 25.1. The molecular weight excluding hydrogens is 540 g/mol. The lowest BCUT2D eigenvalue weighted by Crippen LogP contribution is -2.50. The number of carbonyl (C=O) groups is 3. The Kier molecular flexibility index (Phi) is 9.58. The molecule has 7 nitrogen and oxygen atoms in total. The van der Waals surface area contributed by atoms with Crippen molar-refractivity contribution in [2.45, 2.75) is 71.4 Å². The Hall–Kier alpha value is -3.49. The molecule has 0 radical (unpaired) electrons. The van der Waals surface area contributed by atoms with Gasteiger partial charge in [-0.15, -0.1) is 0 Å². The van der Waals surface area contributed by atoms with E-state index in [2.05, 4.69) is 33.0 Å². The highest BCUT2D eigenvalue weighted by molar-refractivity contribution is 5.88. The Bertz CT molecular complexity index is 1220. The summed E-state index contributed by atoms with van der Waals surface area (Å²) < 4.78 is 27.3. The van der Waals surface area contributed by atoms with E-state index < -0.39 is 29.7 Å². The summed E-state index contributed by atoms with van der Waals surface area (Å²) in [7, 11) is 1.46. The molecular formula is C33H43F2N3O4. The van der Waals surface area contributed by atoms with Crippen LogP contribution in [0.2, 0.25) is 0 Å². The van der Waals surface area contributed by atoms with Crippen molar-refractivity contribution in [2.24, 2.45) is 23.2 Å². The summed E-state index contributed by atoms with van der Waals surface area (Å²) in [5, 5.41) is 12.9. The van der Waals surface area contributed by atoms with Crippen LogP contribution >= 0.6 is 0 Å².